The smallest absolute Gasteiger partial charge is 0.244 e. The Kier molecular flexibility index (Phi) is 3.47. The number of benzene rings is 1. The van der Waals surface area contributed by atoms with Crippen molar-refractivity contribution in [2.24, 2.45) is 5.73 Å². The number of nitriles is 1. The van der Waals surface area contributed by atoms with Crippen LogP contribution in [0.4, 0.5) is 0 Å². The van der Waals surface area contributed by atoms with Gasteiger partial charge in [0.2, 0.25) is 11.8 Å². The number of ether oxygens (including phenoxy) is 2. The molecule has 2 aromatic rings. The Labute approximate surface area is 128 Å². The minimum Gasteiger partial charge on any atom is -0.497 e. The van der Waals surface area contributed by atoms with Gasteiger partial charge in [-0.15, -0.1) is 5.10 Å². The van der Waals surface area contributed by atoms with Crippen LogP contribution in [0.5, 0.6) is 11.6 Å². The second-order valence-corrected chi connectivity index (χ2v) is 4.98. The van der Waals surface area contributed by atoms with Crippen molar-refractivity contribution in [1.82, 2.24) is 10.2 Å². The maximum Gasteiger partial charge on any atom is 0.244 e. The van der Waals surface area contributed by atoms with Crippen molar-refractivity contribution in [3.05, 3.63) is 52.5 Å². The zero-order valence-corrected chi connectivity index (χ0v) is 12.4. The summed E-state index contributed by atoms with van der Waals surface area (Å²) in [4.78, 5) is 0. The molecule has 1 aliphatic heterocycles. The molecule has 0 fully saturated rings. The van der Waals surface area contributed by atoms with Crippen LogP contribution in [0.25, 0.3) is 0 Å². The Morgan fingerprint density at radius 2 is 2.32 bits per heavy atom. The summed E-state index contributed by atoms with van der Waals surface area (Å²) in [7, 11) is 1.61. The highest BCUT2D eigenvalue weighted by Crippen LogP contribution is 2.43. The second kappa shape index (κ2) is 5.45. The average Bonchev–Trinajstić information content (AvgIpc) is 2.95. The van der Waals surface area contributed by atoms with E-state index in [4.69, 9.17) is 15.2 Å². The molecule has 0 spiro atoms. The van der Waals surface area contributed by atoms with Gasteiger partial charge in [0.1, 0.15) is 17.4 Å². The van der Waals surface area contributed by atoms with Gasteiger partial charge in [-0.25, -0.2) is 0 Å². The van der Waals surface area contributed by atoms with Gasteiger partial charge in [0.05, 0.1) is 13.0 Å². The number of aromatic nitrogens is 2. The molecule has 22 heavy (non-hydrogen) atoms. The lowest BCUT2D eigenvalue weighted by molar-refractivity contribution is 0.378. The Balaban J connectivity index is 2.22. The third kappa shape index (κ3) is 2.07. The number of hydrogen-bond donors (Lipinski definition) is 2. The van der Waals surface area contributed by atoms with E-state index in [1.807, 2.05) is 31.2 Å². The number of methoxy groups -OCH3 is 1. The first-order chi connectivity index (χ1) is 10.7. The molecular formula is C16H16N4O2. The van der Waals surface area contributed by atoms with E-state index < -0.39 is 0 Å². The molecule has 6 nitrogen and oxygen atoms in total. The van der Waals surface area contributed by atoms with Crippen molar-refractivity contribution in [2.75, 3.05) is 7.11 Å². The van der Waals surface area contributed by atoms with E-state index in [2.05, 4.69) is 16.3 Å². The quantitative estimate of drug-likeness (QED) is 0.905. The van der Waals surface area contributed by atoms with Crippen LogP contribution >= 0.6 is 0 Å². The van der Waals surface area contributed by atoms with E-state index in [1.165, 1.54) is 0 Å². The Hall–Kier alpha value is -2.94. The summed E-state index contributed by atoms with van der Waals surface area (Å²) < 4.78 is 10.8. The van der Waals surface area contributed by atoms with Crippen LogP contribution < -0.4 is 15.2 Å². The Morgan fingerprint density at radius 3 is 3.00 bits per heavy atom. The van der Waals surface area contributed by atoms with Crippen molar-refractivity contribution in [1.29, 1.82) is 5.26 Å². The van der Waals surface area contributed by atoms with Crippen molar-refractivity contribution in [3.8, 4) is 17.7 Å². The number of allylic oxidation sites excluding steroid dienone is 1. The van der Waals surface area contributed by atoms with Crippen molar-refractivity contribution in [3.63, 3.8) is 0 Å². The number of aryl methyl sites for hydroxylation is 1. The first-order valence-electron chi connectivity index (χ1n) is 6.98. The van der Waals surface area contributed by atoms with Gasteiger partial charge in [0.15, 0.2) is 0 Å². The fraction of sp³-hybridized carbons (Fsp3) is 0.250. The molecule has 0 saturated heterocycles. The lowest BCUT2D eigenvalue weighted by Crippen LogP contribution is -2.21. The van der Waals surface area contributed by atoms with Crippen LogP contribution in [0, 0.1) is 11.3 Å². The fourth-order valence-electron chi connectivity index (χ4n) is 2.73. The summed E-state index contributed by atoms with van der Waals surface area (Å²) in [5.41, 5.74) is 9.00. The molecule has 6 heteroatoms. The number of nitrogens with zero attached hydrogens (tertiary/aromatic N) is 2. The van der Waals surface area contributed by atoms with Crippen LogP contribution in [0.1, 0.15) is 29.7 Å². The monoisotopic (exact) mass is 296 g/mol. The molecule has 0 aliphatic carbocycles. The summed E-state index contributed by atoms with van der Waals surface area (Å²) in [6, 6.07) is 9.76. The van der Waals surface area contributed by atoms with Crippen molar-refractivity contribution < 1.29 is 9.47 Å². The molecule has 0 amide bonds. The number of hydrogen-bond acceptors (Lipinski definition) is 5. The first-order valence-corrected chi connectivity index (χ1v) is 6.98. The largest absolute Gasteiger partial charge is 0.497 e. The maximum absolute atomic E-state index is 9.52. The van der Waals surface area contributed by atoms with Gasteiger partial charge >= 0.3 is 0 Å². The highest BCUT2D eigenvalue weighted by molar-refractivity contribution is 5.55. The predicted octanol–water partition coefficient (Wildman–Crippen LogP) is 2.20. The molecule has 1 aromatic carbocycles. The number of rotatable bonds is 3. The van der Waals surface area contributed by atoms with Gasteiger partial charge < -0.3 is 15.2 Å². The van der Waals surface area contributed by atoms with Crippen LogP contribution in [0.2, 0.25) is 0 Å². The van der Waals surface area contributed by atoms with Crippen molar-refractivity contribution in [2.45, 2.75) is 19.3 Å². The minimum atomic E-state index is -0.308. The third-order valence-corrected chi connectivity index (χ3v) is 3.80. The Bertz CT molecular complexity index is 786. The van der Waals surface area contributed by atoms with Gasteiger partial charge in [-0.3, -0.25) is 5.10 Å². The molecule has 0 unspecified atom stereocenters. The second-order valence-electron chi connectivity index (χ2n) is 4.98. The topological polar surface area (TPSA) is 97.0 Å². The van der Waals surface area contributed by atoms with E-state index in [1.54, 1.807) is 7.11 Å². The zero-order chi connectivity index (χ0) is 15.7. The summed E-state index contributed by atoms with van der Waals surface area (Å²) in [6.07, 6.45) is 0.755. The number of fused-ring (bicyclic) bond motifs is 1. The average molecular weight is 296 g/mol. The van der Waals surface area contributed by atoms with E-state index in [9.17, 15) is 5.26 Å². The summed E-state index contributed by atoms with van der Waals surface area (Å²) in [5, 5.41) is 16.6. The van der Waals surface area contributed by atoms with Gasteiger partial charge in [-0.05, 0) is 24.1 Å². The zero-order valence-electron chi connectivity index (χ0n) is 12.4. The summed E-state index contributed by atoms with van der Waals surface area (Å²) in [6.45, 7) is 2.02. The molecule has 2 heterocycles. The highest BCUT2D eigenvalue weighted by atomic mass is 16.5. The minimum absolute atomic E-state index is 0.0944. The maximum atomic E-state index is 9.52. The van der Waals surface area contributed by atoms with Crippen LogP contribution in [-0.4, -0.2) is 17.3 Å². The number of aromatic amines is 1. The van der Waals surface area contributed by atoms with E-state index >= 15 is 0 Å². The third-order valence-electron chi connectivity index (χ3n) is 3.80. The SMILES string of the molecule is CCc1[nH]nc2c1[C@H](c1cccc(OC)c1)C(C#N)=C(N)O2. The van der Waals surface area contributed by atoms with E-state index in [-0.39, 0.29) is 11.8 Å². The molecule has 112 valence electrons. The van der Waals surface area contributed by atoms with E-state index in [0.717, 1.165) is 29.0 Å². The van der Waals surface area contributed by atoms with Gasteiger partial charge in [0, 0.05) is 11.3 Å². The molecule has 1 aromatic heterocycles. The molecule has 0 radical (unpaired) electrons. The number of H-pyrrole nitrogens is 1. The van der Waals surface area contributed by atoms with Gasteiger partial charge in [-0.2, -0.15) is 5.26 Å². The predicted molar refractivity (Wildman–Crippen MR) is 80.3 cm³/mol. The molecule has 0 saturated carbocycles. The molecule has 1 aliphatic rings. The standard InChI is InChI=1S/C16H16N4O2/c1-3-12-14-13(9-5-4-6-10(7-9)21-2)11(8-17)15(18)22-16(14)20-19-12/h4-7,13H,3,18H2,1-2H3,(H,19,20)/t13-/m1/s1. The molecule has 3 rings (SSSR count). The molecular weight excluding hydrogens is 280 g/mol. The van der Waals surface area contributed by atoms with Crippen LogP contribution in [0.15, 0.2) is 35.7 Å². The number of nitrogens with two attached hydrogens (primary N) is 1. The molecule has 0 bridgehead atoms. The lowest BCUT2D eigenvalue weighted by atomic mass is 9.83. The normalized spacial score (nSPS) is 16.7. The molecule has 3 N–H and O–H groups in total. The van der Waals surface area contributed by atoms with E-state index in [0.29, 0.717) is 11.5 Å². The summed E-state index contributed by atoms with van der Waals surface area (Å²) in [5.74, 6) is 0.943. The molecule has 1 atom stereocenters. The Morgan fingerprint density at radius 1 is 1.50 bits per heavy atom. The van der Waals surface area contributed by atoms with Crippen LogP contribution in [0.3, 0.4) is 0 Å². The summed E-state index contributed by atoms with van der Waals surface area (Å²) >= 11 is 0. The van der Waals surface area contributed by atoms with Gasteiger partial charge in [0.25, 0.3) is 0 Å². The highest BCUT2D eigenvalue weighted by Gasteiger charge is 2.34. The number of nitrogens with one attached hydrogen (secondary N) is 1. The lowest BCUT2D eigenvalue weighted by Gasteiger charge is -2.24. The van der Waals surface area contributed by atoms with Gasteiger partial charge in [-0.1, -0.05) is 19.1 Å². The van der Waals surface area contributed by atoms with Crippen LogP contribution in [-0.2, 0) is 6.42 Å². The van der Waals surface area contributed by atoms with Crippen molar-refractivity contribution >= 4 is 0 Å². The fourth-order valence-corrected chi connectivity index (χ4v) is 2.73. The first kappa shape index (κ1) is 14.0.